The highest BCUT2D eigenvalue weighted by molar-refractivity contribution is 7.14. The number of piperazine rings is 1. The van der Waals surface area contributed by atoms with Crippen LogP contribution in [0.2, 0.25) is 0 Å². The highest BCUT2D eigenvalue weighted by atomic mass is 32.1. The summed E-state index contributed by atoms with van der Waals surface area (Å²) in [5.74, 6) is 0.197. The molecule has 0 bridgehead atoms. The summed E-state index contributed by atoms with van der Waals surface area (Å²) < 4.78 is 5.12. The number of ether oxygens (including phenoxy) is 1. The van der Waals surface area contributed by atoms with Gasteiger partial charge in [0, 0.05) is 37.7 Å². The first kappa shape index (κ1) is 14.0. The van der Waals surface area contributed by atoms with Crippen molar-refractivity contribution in [2.45, 2.75) is 31.9 Å². The molecule has 2 fully saturated rings. The van der Waals surface area contributed by atoms with E-state index in [1.54, 1.807) is 18.4 Å². The molecule has 2 aliphatic rings. The summed E-state index contributed by atoms with van der Waals surface area (Å²) in [6.45, 7) is 4.61. The summed E-state index contributed by atoms with van der Waals surface area (Å²) in [5.41, 5.74) is 0. The molecule has 1 unspecified atom stereocenters. The fourth-order valence-corrected chi connectivity index (χ4v) is 4.16. The van der Waals surface area contributed by atoms with Crippen LogP contribution in [-0.2, 0) is 11.3 Å². The minimum Gasteiger partial charge on any atom is -0.379 e. The van der Waals surface area contributed by atoms with Gasteiger partial charge in [-0.15, -0.1) is 11.3 Å². The van der Waals surface area contributed by atoms with Crippen molar-refractivity contribution in [3.05, 3.63) is 21.9 Å². The lowest BCUT2D eigenvalue weighted by Crippen LogP contribution is -2.56. The number of carbonyl (C=O) groups is 1. The van der Waals surface area contributed by atoms with Crippen molar-refractivity contribution < 1.29 is 9.53 Å². The molecule has 4 nitrogen and oxygen atoms in total. The molecular formula is C15H22N2O2S. The standard InChI is InChI=1S/C15H22N2O2S/c1-19-11-13-5-6-14(20-13)15(18)17-9-8-16-7-3-2-4-12(16)10-17/h5-6,12H,2-4,7-11H2,1H3. The van der Waals surface area contributed by atoms with Gasteiger partial charge < -0.3 is 9.64 Å². The maximum absolute atomic E-state index is 12.6. The Morgan fingerprint density at radius 1 is 1.35 bits per heavy atom. The number of piperidine rings is 1. The van der Waals surface area contributed by atoms with Crippen molar-refractivity contribution in [2.24, 2.45) is 0 Å². The number of rotatable bonds is 3. The molecular weight excluding hydrogens is 272 g/mol. The second-order valence-electron chi connectivity index (χ2n) is 5.64. The van der Waals surface area contributed by atoms with E-state index in [-0.39, 0.29) is 5.91 Å². The average molecular weight is 294 g/mol. The second-order valence-corrected chi connectivity index (χ2v) is 6.80. The van der Waals surface area contributed by atoms with Crippen LogP contribution in [0.3, 0.4) is 0 Å². The van der Waals surface area contributed by atoms with Gasteiger partial charge in [0.2, 0.25) is 0 Å². The predicted molar refractivity (Wildman–Crippen MR) is 80.1 cm³/mol. The summed E-state index contributed by atoms with van der Waals surface area (Å²) in [6, 6.07) is 4.52. The Morgan fingerprint density at radius 2 is 2.25 bits per heavy atom. The van der Waals surface area contributed by atoms with Crippen LogP contribution < -0.4 is 0 Å². The second kappa shape index (κ2) is 6.24. The van der Waals surface area contributed by atoms with Crippen LogP contribution in [0, 0.1) is 0 Å². The first-order chi connectivity index (χ1) is 9.78. The van der Waals surface area contributed by atoms with Crippen LogP contribution in [0.1, 0.15) is 33.8 Å². The first-order valence-electron chi connectivity index (χ1n) is 7.39. The van der Waals surface area contributed by atoms with Crippen molar-refractivity contribution >= 4 is 17.2 Å². The lowest BCUT2D eigenvalue weighted by Gasteiger charge is -2.43. The van der Waals surface area contributed by atoms with Gasteiger partial charge in [-0.1, -0.05) is 6.42 Å². The van der Waals surface area contributed by atoms with E-state index in [4.69, 9.17) is 4.74 Å². The number of hydrogen-bond donors (Lipinski definition) is 0. The van der Waals surface area contributed by atoms with E-state index < -0.39 is 0 Å². The van der Waals surface area contributed by atoms with Crippen molar-refractivity contribution in [3.63, 3.8) is 0 Å². The molecule has 0 aliphatic carbocycles. The van der Waals surface area contributed by atoms with Crippen LogP contribution in [0.5, 0.6) is 0 Å². The third-order valence-electron chi connectivity index (χ3n) is 4.28. The molecule has 0 saturated carbocycles. The van der Waals surface area contributed by atoms with Crippen molar-refractivity contribution in [1.82, 2.24) is 9.80 Å². The van der Waals surface area contributed by atoms with Crippen LogP contribution in [0.15, 0.2) is 12.1 Å². The number of carbonyl (C=O) groups excluding carboxylic acids is 1. The Bertz CT molecular complexity index is 474. The fourth-order valence-electron chi connectivity index (χ4n) is 3.21. The van der Waals surface area contributed by atoms with Crippen LogP contribution in [0.4, 0.5) is 0 Å². The number of nitrogens with zero attached hydrogens (tertiary/aromatic N) is 2. The number of amides is 1. The molecule has 0 aromatic carbocycles. The molecule has 1 aromatic rings. The molecule has 1 atom stereocenters. The lowest BCUT2D eigenvalue weighted by atomic mass is 9.99. The fraction of sp³-hybridized carbons (Fsp3) is 0.667. The first-order valence-corrected chi connectivity index (χ1v) is 8.20. The van der Waals surface area contributed by atoms with Gasteiger partial charge in [0.05, 0.1) is 11.5 Å². The van der Waals surface area contributed by atoms with E-state index >= 15 is 0 Å². The van der Waals surface area contributed by atoms with Crippen LogP contribution >= 0.6 is 11.3 Å². The van der Waals surface area contributed by atoms with Gasteiger partial charge in [-0.3, -0.25) is 9.69 Å². The quantitative estimate of drug-likeness (QED) is 0.857. The van der Waals surface area contributed by atoms with Gasteiger partial charge in [0.1, 0.15) is 0 Å². The lowest BCUT2D eigenvalue weighted by molar-refractivity contribution is 0.0376. The van der Waals surface area contributed by atoms with E-state index in [9.17, 15) is 4.79 Å². The highest BCUT2D eigenvalue weighted by Crippen LogP contribution is 2.24. The van der Waals surface area contributed by atoms with E-state index in [0.29, 0.717) is 12.6 Å². The molecule has 2 aliphatic heterocycles. The Balaban J connectivity index is 1.64. The Labute approximate surface area is 124 Å². The van der Waals surface area contributed by atoms with E-state index in [2.05, 4.69) is 4.90 Å². The monoisotopic (exact) mass is 294 g/mol. The summed E-state index contributed by atoms with van der Waals surface area (Å²) in [4.78, 5) is 19.1. The molecule has 3 rings (SSSR count). The number of thiophene rings is 1. The minimum atomic E-state index is 0.197. The largest absolute Gasteiger partial charge is 0.379 e. The maximum Gasteiger partial charge on any atom is 0.264 e. The van der Waals surface area contributed by atoms with Crippen LogP contribution in [0.25, 0.3) is 0 Å². The summed E-state index contributed by atoms with van der Waals surface area (Å²) >= 11 is 1.56. The molecule has 0 spiro atoms. The smallest absolute Gasteiger partial charge is 0.264 e. The third kappa shape index (κ3) is 2.90. The molecule has 1 amide bonds. The summed E-state index contributed by atoms with van der Waals surface area (Å²) in [7, 11) is 1.68. The molecule has 2 saturated heterocycles. The van der Waals surface area contributed by atoms with E-state index in [0.717, 1.165) is 29.4 Å². The SMILES string of the molecule is COCc1ccc(C(=O)N2CCN3CCCCC3C2)s1. The minimum absolute atomic E-state index is 0.197. The topological polar surface area (TPSA) is 32.8 Å². The normalized spacial score (nSPS) is 23.6. The van der Waals surface area contributed by atoms with E-state index in [1.165, 1.54) is 25.8 Å². The Kier molecular flexibility index (Phi) is 4.38. The van der Waals surface area contributed by atoms with E-state index in [1.807, 2.05) is 17.0 Å². The molecule has 1 aromatic heterocycles. The van der Waals surface area contributed by atoms with Crippen molar-refractivity contribution in [1.29, 1.82) is 0 Å². The van der Waals surface area contributed by atoms with Crippen molar-refractivity contribution in [3.8, 4) is 0 Å². The summed E-state index contributed by atoms with van der Waals surface area (Å²) in [6.07, 6.45) is 3.86. The predicted octanol–water partition coefficient (Wildman–Crippen LogP) is 2.20. The number of fused-ring (bicyclic) bond motifs is 1. The van der Waals surface area contributed by atoms with Gasteiger partial charge in [-0.05, 0) is 31.5 Å². The maximum atomic E-state index is 12.6. The average Bonchev–Trinajstić information content (AvgIpc) is 2.95. The van der Waals surface area contributed by atoms with Gasteiger partial charge in [0.15, 0.2) is 0 Å². The van der Waals surface area contributed by atoms with Crippen molar-refractivity contribution in [2.75, 3.05) is 33.3 Å². The van der Waals surface area contributed by atoms with Gasteiger partial charge in [-0.25, -0.2) is 0 Å². The Morgan fingerprint density at radius 3 is 3.10 bits per heavy atom. The molecule has 0 N–H and O–H groups in total. The molecule has 20 heavy (non-hydrogen) atoms. The molecule has 3 heterocycles. The zero-order valence-corrected chi connectivity index (χ0v) is 12.8. The number of methoxy groups -OCH3 is 1. The zero-order chi connectivity index (χ0) is 13.9. The molecule has 110 valence electrons. The molecule has 5 heteroatoms. The highest BCUT2D eigenvalue weighted by Gasteiger charge is 2.31. The van der Waals surface area contributed by atoms with Crippen LogP contribution in [-0.4, -0.2) is 55.0 Å². The zero-order valence-electron chi connectivity index (χ0n) is 12.0. The Hall–Kier alpha value is -0.910. The summed E-state index contributed by atoms with van der Waals surface area (Å²) in [5, 5.41) is 0. The third-order valence-corrected chi connectivity index (χ3v) is 5.33. The van der Waals surface area contributed by atoms with Gasteiger partial charge in [-0.2, -0.15) is 0 Å². The van der Waals surface area contributed by atoms with Gasteiger partial charge in [0.25, 0.3) is 5.91 Å². The number of hydrogen-bond acceptors (Lipinski definition) is 4. The molecule has 0 radical (unpaired) electrons. The van der Waals surface area contributed by atoms with Gasteiger partial charge >= 0.3 is 0 Å².